The number of pyridine rings is 1. The van der Waals surface area contributed by atoms with Gasteiger partial charge in [0.2, 0.25) is 0 Å². The summed E-state index contributed by atoms with van der Waals surface area (Å²) >= 11 is 6.76. The SMILES string of the molecule is CC(C#N)(CCC(=O)OCCSSc1ccccn1)SC(=S)c1ccccc1. The molecular weight excluding hydrogens is 429 g/mol. The summed E-state index contributed by atoms with van der Waals surface area (Å²) in [6.07, 6.45) is 2.32. The number of ether oxygens (including phenoxy) is 1. The fourth-order valence-electron chi connectivity index (χ4n) is 2.07. The molecule has 146 valence electrons. The van der Waals surface area contributed by atoms with E-state index >= 15 is 0 Å². The third-order valence-electron chi connectivity index (χ3n) is 3.58. The Morgan fingerprint density at radius 2 is 2.00 bits per heavy atom. The summed E-state index contributed by atoms with van der Waals surface area (Å²) in [5, 5.41) is 10.5. The van der Waals surface area contributed by atoms with Crippen LogP contribution in [0.4, 0.5) is 0 Å². The van der Waals surface area contributed by atoms with Crippen molar-refractivity contribution in [1.82, 2.24) is 4.98 Å². The van der Waals surface area contributed by atoms with Crippen molar-refractivity contribution in [3.63, 3.8) is 0 Å². The summed E-state index contributed by atoms with van der Waals surface area (Å²) in [5.74, 6) is 0.381. The van der Waals surface area contributed by atoms with Gasteiger partial charge >= 0.3 is 5.97 Å². The van der Waals surface area contributed by atoms with Crippen LogP contribution < -0.4 is 0 Å². The molecule has 1 atom stereocenters. The van der Waals surface area contributed by atoms with Gasteiger partial charge in [0.05, 0.1) is 10.3 Å². The lowest BCUT2D eigenvalue weighted by Crippen LogP contribution is -2.22. The Bertz CT molecular complexity index is 812. The van der Waals surface area contributed by atoms with Crippen molar-refractivity contribution in [2.75, 3.05) is 12.4 Å². The van der Waals surface area contributed by atoms with Crippen LogP contribution in [-0.4, -0.2) is 32.3 Å². The number of nitrogens with zero attached hydrogens (tertiary/aromatic N) is 2. The van der Waals surface area contributed by atoms with E-state index in [2.05, 4.69) is 11.1 Å². The van der Waals surface area contributed by atoms with E-state index in [1.54, 1.807) is 34.7 Å². The second-order valence-electron chi connectivity index (χ2n) is 5.89. The molecule has 8 heteroatoms. The quantitative estimate of drug-likeness (QED) is 0.203. The number of esters is 1. The van der Waals surface area contributed by atoms with E-state index in [1.807, 2.05) is 48.5 Å². The molecule has 0 saturated heterocycles. The van der Waals surface area contributed by atoms with Crippen molar-refractivity contribution in [1.29, 1.82) is 5.26 Å². The molecule has 0 aliphatic heterocycles. The van der Waals surface area contributed by atoms with E-state index in [-0.39, 0.29) is 12.4 Å². The molecule has 1 aromatic carbocycles. The molecule has 1 heterocycles. The standard InChI is InChI=1S/C20H20N2O2S4/c1-20(15-21,27-19(25)16-7-3-2-4-8-16)11-10-18(23)24-13-14-26-28-17-9-5-6-12-22-17/h2-9,12H,10-11,13-14H2,1H3. The smallest absolute Gasteiger partial charge is 0.305 e. The number of rotatable bonds is 10. The summed E-state index contributed by atoms with van der Waals surface area (Å²) < 4.78 is 5.15. The third-order valence-corrected chi connectivity index (χ3v) is 7.46. The molecule has 0 bridgehead atoms. The molecule has 0 N–H and O–H groups in total. The Balaban J connectivity index is 1.68. The highest BCUT2D eigenvalue weighted by molar-refractivity contribution is 8.76. The summed E-state index contributed by atoms with van der Waals surface area (Å²) in [4.78, 5) is 16.2. The Kier molecular flexibility index (Phi) is 9.85. The highest BCUT2D eigenvalue weighted by Crippen LogP contribution is 2.33. The molecule has 0 fully saturated rings. The largest absolute Gasteiger partial charge is 0.465 e. The molecule has 0 saturated carbocycles. The first-order chi connectivity index (χ1) is 13.5. The predicted octanol–water partition coefficient (Wildman–Crippen LogP) is 5.54. The predicted molar refractivity (Wildman–Crippen MR) is 122 cm³/mol. The summed E-state index contributed by atoms with van der Waals surface area (Å²) in [7, 11) is 3.14. The van der Waals surface area contributed by atoms with Gasteiger partial charge in [0, 0.05) is 18.4 Å². The summed E-state index contributed by atoms with van der Waals surface area (Å²) in [6.45, 7) is 2.14. The van der Waals surface area contributed by atoms with Crippen LogP contribution in [0.25, 0.3) is 0 Å². The van der Waals surface area contributed by atoms with Crippen LogP contribution in [0.5, 0.6) is 0 Å². The maximum atomic E-state index is 12.0. The molecule has 1 aromatic heterocycles. The molecule has 0 amide bonds. The van der Waals surface area contributed by atoms with E-state index < -0.39 is 4.75 Å². The van der Waals surface area contributed by atoms with Gasteiger partial charge in [-0.3, -0.25) is 4.79 Å². The maximum Gasteiger partial charge on any atom is 0.305 e. The van der Waals surface area contributed by atoms with Crippen LogP contribution in [0.2, 0.25) is 0 Å². The van der Waals surface area contributed by atoms with Crippen LogP contribution >= 0.6 is 45.6 Å². The van der Waals surface area contributed by atoms with Gasteiger partial charge in [0.15, 0.2) is 0 Å². The number of aromatic nitrogens is 1. The highest BCUT2D eigenvalue weighted by atomic mass is 33.1. The van der Waals surface area contributed by atoms with Crippen molar-refractivity contribution in [2.24, 2.45) is 0 Å². The van der Waals surface area contributed by atoms with E-state index in [9.17, 15) is 10.1 Å². The average Bonchev–Trinajstić information content (AvgIpc) is 2.73. The fraction of sp³-hybridized carbons (Fsp3) is 0.300. The minimum absolute atomic E-state index is 0.187. The maximum absolute atomic E-state index is 12.0. The van der Waals surface area contributed by atoms with Crippen molar-refractivity contribution < 1.29 is 9.53 Å². The Morgan fingerprint density at radius 3 is 2.68 bits per heavy atom. The zero-order valence-corrected chi connectivity index (χ0v) is 18.6. The van der Waals surface area contributed by atoms with Crippen molar-refractivity contribution in [3.8, 4) is 6.07 Å². The van der Waals surface area contributed by atoms with Crippen LogP contribution in [0, 0.1) is 11.3 Å². The Labute approximate surface area is 183 Å². The number of hydrogen-bond acceptors (Lipinski definition) is 8. The molecule has 0 radical (unpaired) electrons. The zero-order valence-electron chi connectivity index (χ0n) is 15.4. The molecule has 2 aromatic rings. The van der Waals surface area contributed by atoms with Gasteiger partial charge in [-0.25, -0.2) is 4.98 Å². The van der Waals surface area contributed by atoms with E-state index in [1.165, 1.54) is 11.8 Å². The molecule has 1 unspecified atom stereocenters. The number of hydrogen-bond donors (Lipinski definition) is 0. The Morgan fingerprint density at radius 1 is 1.25 bits per heavy atom. The molecule has 4 nitrogen and oxygen atoms in total. The minimum atomic E-state index is -0.768. The first kappa shape index (κ1) is 22.8. The van der Waals surface area contributed by atoms with E-state index in [0.717, 1.165) is 10.6 Å². The van der Waals surface area contributed by atoms with Crippen molar-refractivity contribution in [2.45, 2.75) is 29.5 Å². The molecule has 0 aliphatic rings. The van der Waals surface area contributed by atoms with Gasteiger partial charge in [-0.15, -0.1) is 0 Å². The number of thiocarbonyl (C=S) groups is 1. The van der Waals surface area contributed by atoms with Crippen LogP contribution in [0.15, 0.2) is 59.8 Å². The number of thioether (sulfide) groups is 1. The van der Waals surface area contributed by atoms with Crippen molar-refractivity contribution >= 4 is 55.7 Å². The Hall–Kier alpha value is -1.53. The van der Waals surface area contributed by atoms with Crippen LogP contribution in [0.3, 0.4) is 0 Å². The summed E-state index contributed by atoms with van der Waals surface area (Å²) in [5.41, 5.74) is 0.911. The molecule has 0 aliphatic carbocycles. The monoisotopic (exact) mass is 448 g/mol. The second kappa shape index (κ2) is 12.1. The van der Waals surface area contributed by atoms with Crippen LogP contribution in [-0.2, 0) is 9.53 Å². The average molecular weight is 449 g/mol. The van der Waals surface area contributed by atoms with E-state index in [0.29, 0.717) is 23.0 Å². The zero-order chi connectivity index (χ0) is 20.2. The second-order valence-corrected chi connectivity index (χ2v) is 10.5. The first-order valence-corrected chi connectivity index (χ1v) is 12.1. The van der Waals surface area contributed by atoms with Gasteiger partial charge in [0.25, 0.3) is 0 Å². The fourth-order valence-corrected chi connectivity index (χ4v) is 5.37. The summed E-state index contributed by atoms with van der Waals surface area (Å²) in [6, 6.07) is 17.6. The lowest BCUT2D eigenvalue weighted by atomic mass is 10.1. The lowest BCUT2D eigenvalue weighted by Gasteiger charge is -2.20. The molecule has 0 spiro atoms. The van der Waals surface area contributed by atoms with E-state index in [4.69, 9.17) is 17.0 Å². The first-order valence-electron chi connectivity index (χ1n) is 8.58. The topological polar surface area (TPSA) is 63.0 Å². The van der Waals surface area contributed by atoms with Gasteiger partial charge in [-0.05, 0) is 41.8 Å². The normalized spacial score (nSPS) is 12.6. The number of nitriles is 1. The minimum Gasteiger partial charge on any atom is -0.465 e. The number of carbonyl (C=O) groups is 1. The van der Waals surface area contributed by atoms with Crippen LogP contribution in [0.1, 0.15) is 25.3 Å². The van der Waals surface area contributed by atoms with Gasteiger partial charge in [-0.1, -0.05) is 71.2 Å². The lowest BCUT2D eigenvalue weighted by molar-refractivity contribution is -0.143. The number of carbonyl (C=O) groups excluding carboxylic acids is 1. The molecule has 2 rings (SSSR count). The third kappa shape index (κ3) is 8.23. The molecular formula is C20H20N2O2S4. The highest BCUT2D eigenvalue weighted by Gasteiger charge is 2.28. The molecule has 28 heavy (non-hydrogen) atoms. The van der Waals surface area contributed by atoms with Gasteiger partial charge in [-0.2, -0.15) is 5.26 Å². The van der Waals surface area contributed by atoms with Crippen molar-refractivity contribution in [3.05, 3.63) is 60.3 Å². The number of benzene rings is 1. The van der Waals surface area contributed by atoms with Gasteiger partial charge in [0.1, 0.15) is 16.4 Å². The van der Waals surface area contributed by atoms with Gasteiger partial charge < -0.3 is 4.74 Å².